The van der Waals surface area contributed by atoms with Crippen molar-refractivity contribution in [1.82, 2.24) is 14.5 Å². The maximum Gasteiger partial charge on any atom is 0.267 e. The molecule has 0 aromatic carbocycles. The van der Waals surface area contributed by atoms with Gasteiger partial charge in [-0.1, -0.05) is 18.3 Å². The monoisotopic (exact) mass is 241 g/mol. The topological polar surface area (TPSA) is 66.3 Å². The number of rotatable bonds is 2. The minimum atomic E-state index is -0.730. The lowest BCUT2D eigenvalue weighted by Crippen LogP contribution is -2.61. The molecule has 88 valence electrons. The summed E-state index contributed by atoms with van der Waals surface area (Å²) < 4.78 is 3.82. The molecule has 1 N–H and O–H groups in total. The van der Waals surface area contributed by atoms with Crippen LogP contribution in [0.2, 0.25) is 0 Å². The molecule has 16 heavy (non-hydrogen) atoms. The van der Waals surface area contributed by atoms with Gasteiger partial charge in [0, 0.05) is 0 Å². The minimum absolute atomic E-state index is 0.0646. The van der Waals surface area contributed by atoms with Crippen molar-refractivity contribution in [2.75, 3.05) is 13.1 Å². The first kappa shape index (κ1) is 11.5. The van der Waals surface area contributed by atoms with Gasteiger partial charge in [-0.2, -0.15) is 0 Å². The van der Waals surface area contributed by atoms with E-state index < -0.39 is 5.60 Å². The number of aliphatic hydroxyl groups is 1. The van der Waals surface area contributed by atoms with Crippen LogP contribution in [0.15, 0.2) is 0 Å². The molecule has 1 aromatic rings. The SMILES string of the molecule is CC(C)c1nnsc1C(=O)N1CC(C)(O)C1. The Balaban J connectivity index is 2.13. The number of amides is 1. The van der Waals surface area contributed by atoms with Crippen LogP contribution < -0.4 is 0 Å². The van der Waals surface area contributed by atoms with E-state index in [2.05, 4.69) is 9.59 Å². The van der Waals surface area contributed by atoms with Gasteiger partial charge in [0.2, 0.25) is 0 Å². The smallest absolute Gasteiger partial charge is 0.267 e. The molecule has 1 aliphatic heterocycles. The largest absolute Gasteiger partial charge is 0.386 e. The molecular formula is C10H15N3O2S. The number of hydrogen-bond acceptors (Lipinski definition) is 5. The Kier molecular flexibility index (Phi) is 2.71. The number of aromatic nitrogens is 2. The lowest BCUT2D eigenvalue weighted by molar-refractivity contribution is -0.0667. The van der Waals surface area contributed by atoms with E-state index >= 15 is 0 Å². The average Bonchev–Trinajstić information content (AvgIpc) is 2.60. The second-order valence-corrected chi connectivity index (χ2v) is 5.55. The van der Waals surface area contributed by atoms with Gasteiger partial charge in [-0.15, -0.1) is 5.10 Å². The Morgan fingerprint density at radius 1 is 1.56 bits per heavy atom. The molecular weight excluding hydrogens is 226 g/mol. The molecule has 1 saturated heterocycles. The van der Waals surface area contributed by atoms with Gasteiger partial charge in [0.25, 0.3) is 5.91 Å². The lowest BCUT2D eigenvalue weighted by Gasteiger charge is -2.43. The van der Waals surface area contributed by atoms with E-state index in [9.17, 15) is 9.90 Å². The lowest BCUT2D eigenvalue weighted by atomic mass is 9.96. The second kappa shape index (κ2) is 3.78. The van der Waals surface area contributed by atoms with Gasteiger partial charge in [-0.25, -0.2) is 0 Å². The maximum absolute atomic E-state index is 12.0. The highest BCUT2D eigenvalue weighted by molar-refractivity contribution is 7.08. The highest BCUT2D eigenvalue weighted by Crippen LogP contribution is 2.26. The van der Waals surface area contributed by atoms with E-state index in [1.807, 2.05) is 13.8 Å². The molecule has 0 aliphatic carbocycles. The van der Waals surface area contributed by atoms with Crippen molar-refractivity contribution in [2.24, 2.45) is 0 Å². The van der Waals surface area contributed by atoms with Crippen molar-refractivity contribution in [3.05, 3.63) is 10.6 Å². The van der Waals surface area contributed by atoms with Crippen molar-refractivity contribution < 1.29 is 9.90 Å². The molecule has 0 unspecified atom stereocenters. The summed E-state index contributed by atoms with van der Waals surface area (Å²) >= 11 is 1.13. The Morgan fingerprint density at radius 3 is 2.69 bits per heavy atom. The molecule has 0 bridgehead atoms. The van der Waals surface area contributed by atoms with Gasteiger partial charge >= 0.3 is 0 Å². The third-order valence-corrected chi connectivity index (χ3v) is 3.33. The summed E-state index contributed by atoms with van der Waals surface area (Å²) in [5.41, 5.74) is 0.0210. The molecule has 1 aromatic heterocycles. The zero-order valence-corrected chi connectivity index (χ0v) is 10.4. The van der Waals surface area contributed by atoms with Crippen LogP contribution in [0, 0.1) is 0 Å². The molecule has 2 heterocycles. The van der Waals surface area contributed by atoms with Gasteiger partial charge in [0.05, 0.1) is 24.4 Å². The predicted molar refractivity (Wildman–Crippen MR) is 60.5 cm³/mol. The van der Waals surface area contributed by atoms with Gasteiger partial charge in [0.1, 0.15) is 4.88 Å². The molecule has 5 nitrogen and oxygen atoms in total. The number of nitrogens with zero attached hydrogens (tertiary/aromatic N) is 3. The maximum atomic E-state index is 12.0. The van der Waals surface area contributed by atoms with Crippen molar-refractivity contribution in [3.63, 3.8) is 0 Å². The number of likely N-dealkylation sites (tertiary alicyclic amines) is 1. The Morgan fingerprint density at radius 2 is 2.19 bits per heavy atom. The van der Waals surface area contributed by atoms with Crippen LogP contribution in [0.25, 0.3) is 0 Å². The molecule has 0 spiro atoms. The van der Waals surface area contributed by atoms with Crippen LogP contribution in [-0.2, 0) is 0 Å². The third kappa shape index (κ3) is 1.94. The number of carbonyl (C=O) groups is 1. The Labute approximate surface area is 98.2 Å². The summed E-state index contributed by atoms with van der Waals surface area (Å²) in [6, 6.07) is 0. The van der Waals surface area contributed by atoms with Crippen molar-refractivity contribution in [2.45, 2.75) is 32.3 Å². The summed E-state index contributed by atoms with van der Waals surface area (Å²) in [6.45, 7) is 6.48. The van der Waals surface area contributed by atoms with E-state index in [0.717, 1.165) is 17.2 Å². The van der Waals surface area contributed by atoms with Crippen LogP contribution in [0.1, 0.15) is 42.1 Å². The van der Waals surface area contributed by atoms with Crippen molar-refractivity contribution in [3.8, 4) is 0 Å². The van der Waals surface area contributed by atoms with Gasteiger partial charge < -0.3 is 10.0 Å². The Bertz CT molecular complexity index is 406. The van der Waals surface area contributed by atoms with Crippen LogP contribution >= 0.6 is 11.5 Å². The van der Waals surface area contributed by atoms with E-state index in [1.54, 1.807) is 11.8 Å². The van der Waals surface area contributed by atoms with Gasteiger partial charge in [-0.3, -0.25) is 4.79 Å². The van der Waals surface area contributed by atoms with Gasteiger partial charge in [0.15, 0.2) is 0 Å². The van der Waals surface area contributed by atoms with Crippen LogP contribution in [-0.4, -0.2) is 44.2 Å². The molecule has 0 atom stereocenters. The van der Waals surface area contributed by atoms with Gasteiger partial charge in [-0.05, 0) is 24.4 Å². The summed E-state index contributed by atoms with van der Waals surface area (Å²) in [7, 11) is 0. The Hall–Kier alpha value is -1.01. The quantitative estimate of drug-likeness (QED) is 0.834. The van der Waals surface area contributed by atoms with Crippen LogP contribution in [0.4, 0.5) is 0 Å². The third-order valence-electron chi connectivity index (χ3n) is 2.60. The average molecular weight is 241 g/mol. The van der Waals surface area contributed by atoms with E-state index in [1.165, 1.54) is 0 Å². The van der Waals surface area contributed by atoms with Crippen LogP contribution in [0.5, 0.6) is 0 Å². The standard InChI is InChI=1S/C10H15N3O2S/c1-6(2)7-8(16-12-11-7)9(14)13-4-10(3,15)5-13/h6,15H,4-5H2,1-3H3. The fourth-order valence-electron chi connectivity index (χ4n) is 1.79. The predicted octanol–water partition coefficient (Wildman–Crippen LogP) is 0.868. The highest BCUT2D eigenvalue weighted by atomic mass is 32.1. The minimum Gasteiger partial charge on any atom is -0.386 e. The number of carbonyl (C=O) groups excluding carboxylic acids is 1. The first-order chi connectivity index (χ1) is 7.41. The second-order valence-electron chi connectivity index (χ2n) is 4.80. The first-order valence-electron chi connectivity index (χ1n) is 5.24. The summed E-state index contributed by atoms with van der Waals surface area (Å²) in [5.74, 6) is 0.129. The zero-order chi connectivity index (χ0) is 11.9. The normalized spacial score (nSPS) is 18.7. The van der Waals surface area contributed by atoms with Crippen molar-refractivity contribution in [1.29, 1.82) is 0 Å². The van der Waals surface area contributed by atoms with E-state index in [4.69, 9.17) is 0 Å². The molecule has 0 radical (unpaired) electrons. The van der Waals surface area contributed by atoms with E-state index in [-0.39, 0.29) is 11.8 Å². The molecule has 2 rings (SSSR count). The first-order valence-corrected chi connectivity index (χ1v) is 6.02. The van der Waals surface area contributed by atoms with Crippen molar-refractivity contribution >= 4 is 17.4 Å². The summed E-state index contributed by atoms with van der Waals surface area (Å²) in [4.78, 5) is 14.3. The molecule has 6 heteroatoms. The fourth-order valence-corrected chi connectivity index (χ4v) is 2.57. The highest BCUT2D eigenvalue weighted by Gasteiger charge is 2.41. The fraction of sp³-hybridized carbons (Fsp3) is 0.700. The summed E-state index contributed by atoms with van der Waals surface area (Å²) in [6.07, 6.45) is 0. The van der Waals surface area contributed by atoms with E-state index in [0.29, 0.717) is 18.0 Å². The molecule has 1 amide bonds. The zero-order valence-electron chi connectivity index (χ0n) is 9.60. The number of β-amino-alcohol motifs (C(OH)–C–C–N with tert-alkyl or cyclic N) is 1. The summed E-state index contributed by atoms with van der Waals surface area (Å²) in [5, 5.41) is 13.6. The number of hydrogen-bond donors (Lipinski definition) is 1. The molecule has 1 fully saturated rings. The van der Waals surface area contributed by atoms with Crippen LogP contribution in [0.3, 0.4) is 0 Å². The molecule has 1 aliphatic rings. The molecule has 0 saturated carbocycles.